The third-order valence-corrected chi connectivity index (χ3v) is 13.8. The smallest absolute Gasteiger partial charge is 0.216 e. The van der Waals surface area contributed by atoms with Gasteiger partial charge in [0.25, 0.3) is 0 Å². The summed E-state index contributed by atoms with van der Waals surface area (Å²) in [5.41, 5.74) is 7.28. The number of nitrogens with zero attached hydrogens (tertiary/aromatic N) is 1. The van der Waals surface area contributed by atoms with Gasteiger partial charge in [-0.25, -0.2) is 4.39 Å². The first-order valence-corrected chi connectivity index (χ1v) is 15.0. The molecule has 3 aromatic carbocycles. The molecular weight excluding hydrogens is 437 g/mol. The highest BCUT2D eigenvalue weighted by Crippen LogP contribution is 2.41. The molecule has 2 heterocycles. The van der Waals surface area contributed by atoms with E-state index in [-0.39, 0.29) is 10.9 Å². The molecule has 0 atom stereocenters. The molecule has 0 saturated carbocycles. The number of rotatable bonds is 2. The standard InChI is InChI=1S/C30H33FNOSi/c1-18-15-23-21-14-13-20(31)16-26(21)33-29(23)28(19(18)2)25-17-27(34(7,8)30(3,4)5)22-11-9-10-12-24(22)32(25)6/h9-17H,1-8H3/q+1. The van der Waals surface area contributed by atoms with Crippen molar-refractivity contribution in [2.45, 2.75) is 52.8 Å². The number of aromatic nitrogens is 1. The molecule has 2 nitrogen and oxygen atoms in total. The maximum Gasteiger partial charge on any atom is 0.216 e. The Morgan fingerprint density at radius 3 is 2.29 bits per heavy atom. The van der Waals surface area contributed by atoms with E-state index in [1.165, 1.54) is 39.3 Å². The number of hydrogen-bond donors (Lipinski definition) is 0. The Bertz CT molecular complexity index is 1600. The van der Waals surface area contributed by atoms with Crippen LogP contribution in [0.25, 0.3) is 44.1 Å². The van der Waals surface area contributed by atoms with Crippen molar-refractivity contribution in [3.63, 3.8) is 0 Å². The maximum absolute atomic E-state index is 14.0. The summed E-state index contributed by atoms with van der Waals surface area (Å²) in [6, 6.07) is 18.2. The Morgan fingerprint density at radius 1 is 0.882 bits per heavy atom. The zero-order chi connectivity index (χ0) is 24.6. The molecule has 2 aromatic heterocycles. The van der Waals surface area contributed by atoms with Gasteiger partial charge in [-0.05, 0) is 59.5 Å². The fourth-order valence-corrected chi connectivity index (χ4v) is 7.21. The largest absolute Gasteiger partial charge is 0.455 e. The van der Waals surface area contributed by atoms with Crippen molar-refractivity contribution in [3.8, 4) is 11.3 Å². The zero-order valence-electron chi connectivity index (χ0n) is 21.4. The second kappa shape index (κ2) is 7.51. The van der Waals surface area contributed by atoms with Crippen LogP contribution in [0.1, 0.15) is 31.9 Å². The molecule has 4 heteroatoms. The SMILES string of the molecule is Cc1cc2c(oc3cc(F)ccc32)c(-c2cc([Si](C)(C)C(C)(C)C)c3ccccc3[n+]2C)c1C. The second-order valence-corrected chi connectivity index (χ2v) is 16.5. The lowest BCUT2D eigenvalue weighted by atomic mass is 9.96. The minimum absolute atomic E-state index is 0.195. The van der Waals surface area contributed by atoms with Gasteiger partial charge < -0.3 is 4.42 Å². The average Bonchev–Trinajstić information content (AvgIpc) is 3.11. The summed E-state index contributed by atoms with van der Waals surface area (Å²) in [7, 11) is 0.278. The average molecular weight is 471 g/mol. The van der Waals surface area contributed by atoms with Crippen LogP contribution in [0.4, 0.5) is 4.39 Å². The van der Waals surface area contributed by atoms with E-state index in [0.29, 0.717) is 5.58 Å². The first kappa shape index (κ1) is 22.8. The zero-order valence-corrected chi connectivity index (χ0v) is 22.4. The molecule has 0 amide bonds. The summed E-state index contributed by atoms with van der Waals surface area (Å²) >= 11 is 0. The fourth-order valence-electron chi connectivity index (χ4n) is 5.02. The molecular formula is C30H33FNOSi+. The molecule has 0 N–H and O–H groups in total. The summed E-state index contributed by atoms with van der Waals surface area (Å²) in [5, 5.41) is 4.97. The summed E-state index contributed by atoms with van der Waals surface area (Å²) < 4.78 is 22.7. The number of hydrogen-bond acceptors (Lipinski definition) is 1. The van der Waals surface area contributed by atoms with Crippen molar-refractivity contribution in [1.82, 2.24) is 0 Å². The van der Waals surface area contributed by atoms with Crippen LogP contribution in [0.15, 0.2) is 59.0 Å². The van der Waals surface area contributed by atoms with Crippen molar-refractivity contribution < 1.29 is 13.4 Å². The van der Waals surface area contributed by atoms with Crippen LogP contribution in [0, 0.1) is 19.7 Å². The van der Waals surface area contributed by atoms with Gasteiger partial charge in [-0.15, -0.1) is 0 Å². The minimum atomic E-state index is -1.86. The molecule has 174 valence electrons. The molecule has 0 aliphatic rings. The third kappa shape index (κ3) is 3.23. The van der Waals surface area contributed by atoms with Crippen LogP contribution in [-0.2, 0) is 7.05 Å². The Hall–Kier alpha value is -2.98. The number of halogens is 1. The van der Waals surface area contributed by atoms with Crippen LogP contribution in [0.2, 0.25) is 18.1 Å². The molecule has 5 rings (SSSR count). The summed E-state index contributed by atoms with van der Waals surface area (Å²) in [6.45, 7) is 16.4. The Balaban J connectivity index is 1.96. The number of furan rings is 1. The molecule has 5 aromatic rings. The molecule has 0 bridgehead atoms. The predicted molar refractivity (Wildman–Crippen MR) is 144 cm³/mol. The molecule has 0 radical (unpaired) electrons. The van der Waals surface area contributed by atoms with Crippen LogP contribution >= 0.6 is 0 Å². The van der Waals surface area contributed by atoms with Crippen molar-refractivity contribution >= 4 is 46.1 Å². The van der Waals surface area contributed by atoms with E-state index in [0.717, 1.165) is 27.6 Å². The van der Waals surface area contributed by atoms with Gasteiger partial charge in [0.15, 0.2) is 0 Å². The van der Waals surface area contributed by atoms with E-state index in [4.69, 9.17) is 4.42 Å². The molecule has 34 heavy (non-hydrogen) atoms. The Labute approximate surface area is 202 Å². The lowest BCUT2D eigenvalue weighted by Gasteiger charge is -2.38. The molecule has 0 spiro atoms. The summed E-state index contributed by atoms with van der Waals surface area (Å²) in [6.07, 6.45) is 0. The van der Waals surface area contributed by atoms with Gasteiger partial charge in [0.2, 0.25) is 11.2 Å². The normalized spacial score (nSPS) is 12.9. The van der Waals surface area contributed by atoms with E-state index >= 15 is 0 Å². The molecule has 0 unspecified atom stereocenters. The number of para-hydroxylation sites is 1. The van der Waals surface area contributed by atoms with Gasteiger partial charge in [0.05, 0.1) is 13.6 Å². The maximum atomic E-state index is 14.0. The van der Waals surface area contributed by atoms with Gasteiger partial charge in [-0.1, -0.05) is 46.0 Å². The van der Waals surface area contributed by atoms with Crippen LogP contribution in [-0.4, -0.2) is 8.07 Å². The van der Waals surface area contributed by atoms with Crippen LogP contribution < -0.4 is 9.75 Å². The monoisotopic (exact) mass is 470 g/mol. The van der Waals surface area contributed by atoms with Gasteiger partial charge in [-0.2, -0.15) is 4.57 Å². The van der Waals surface area contributed by atoms with E-state index in [9.17, 15) is 4.39 Å². The lowest BCUT2D eigenvalue weighted by Crippen LogP contribution is -2.51. The summed E-state index contributed by atoms with van der Waals surface area (Å²) in [5.74, 6) is -0.280. The van der Waals surface area contributed by atoms with Crippen molar-refractivity contribution in [1.29, 1.82) is 0 Å². The van der Waals surface area contributed by atoms with Crippen molar-refractivity contribution in [3.05, 3.63) is 71.5 Å². The first-order chi connectivity index (χ1) is 15.9. The third-order valence-electron chi connectivity index (χ3n) is 8.25. The van der Waals surface area contributed by atoms with E-state index in [1.807, 2.05) is 6.07 Å². The van der Waals surface area contributed by atoms with Crippen LogP contribution in [0.5, 0.6) is 0 Å². The van der Waals surface area contributed by atoms with E-state index in [2.05, 4.69) is 95.7 Å². The number of fused-ring (bicyclic) bond motifs is 4. The van der Waals surface area contributed by atoms with E-state index in [1.54, 1.807) is 0 Å². The number of aryl methyl sites for hydroxylation is 2. The van der Waals surface area contributed by atoms with Crippen molar-refractivity contribution in [2.75, 3.05) is 0 Å². The van der Waals surface area contributed by atoms with E-state index < -0.39 is 8.07 Å². The highest BCUT2D eigenvalue weighted by atomic mass is 28.3. The fraction of sp³-hybridized carbons (Fsp3) is 0.300. The van der Waals surface area contributed by atoms with Gasteiger partial charge >= 0.3 is 0 Å². The molecule has 0 aliphatic carbocycles. The van der Waals surface area contributed by atoms with Crippen LogP contribution in [0.3, 0.4) is 0 Å². The van der Waals surface area contributed by atoms with Crippen molar-refractivity contribution in [2.24, 2.45) is 7.05 Å². The Morgan fingerprint density at radius 2 is 1.59 bits per heavy atom. The molecule has 0 fully saturated rings. The molecule has 0 saturated heterocycles. The van der Waals surface area contributed by atoms with Gasteiger partial charge in [-0.3, -0.25) is 0 Å². The highest BCUT2D eigenvalue weighted by molar-refractivity contribution is 6.93. The first-order valence-electron chi connectivity index (χ1n) is 12.0. The minimum Gasteiger partial charge on any atom is -0.455 e. The molecule has 0 aliphatic heterocycles. The highest BCUT2D eigenvalue weighted by Gasteiger charge is 2.40. The van der Waals surface area contributed by atoms with Gasteiger partial charge in [0.1, 0.15) is 24.0 Å². The lowest BCUT2D eigenvalue weighted by molar-refractivity contribution is -0.633. The topological polar surface area (TPSA) is 17.0 Å². The number of benzene rings is 3. The predicted octanol–water partition coefficient (Wildman–Crippen LogP) is 7.70. The quantitative estimate of drug-likeness (QED) is 0.191. The Kier molecular flexibility index (Phi) is 5.03. The summed E-state index contributed by atoms with van der Waals surface area (Å²) in [4.78, 5) is 0. The van der Waals surface area contributed by atoms with Gasteiger partial charge in [0, 0.05) is 34.4 Å². The second-order valence-electron chi connectivity index (χ2n) is 11.2. The number of pyridine rings is 1.